The van der Waals surface area contributed by atoms with Crippen LogP contribution in [0.5, 0.6) is 0 Å². The molecule has 0 aromatic carbocycles. The van der Waals surface area contributed by atoms with Crippen molar-refractivity contribution in [1.29, 1.82) is 0 Å². The number of hydrogen-bond donors (Lipinski definition) is 1. The molecule has 2 aromatic rings. The van der Waals surface area contributed by atoms with Crippen LogP contribution in [0.1, 0.15) is 17.0 Å². The highest BCUT2D eigenvalue weighted by atomic mass is 32.1. The van der Waals surface area contributed by atoms with Crippen LogP contribution >= 0.6 is 11.3 Å². The minimum Gasteiger partial charge on any atom is -0.392 e. The van der Waals surface area contributed by atoms with Gasteiger partial charge in [0.15, 0.2) is 0 Å². The van der Waals surface area contributed by atoms with E-state index in [4.69, 9.17) is 0 Å². The lowest BCUT2D eigenvalue weighted by Crippen LogP contribution is -2.23. The van der Waals surface area contributed by atoms with Crippen molar-refractivity contribution in [2.45, 2.75) is 25.6 Å². The number of likely N-dealkylation sites (tertiary alicyclic amines) is 1. The number of hydrogen-bond acceptors (Lipinski definition) is 3. The van der Waals surface area contributed by atoms with E-state index in [1.54, 1.807) is 11.3 Å². The van der Waals surface area contributed by atoms with Crippen LogP contribution in [0.15, 0.2) is 35.8 Å². The summed E-state index contributed by atoms with van der Waals surface area (Å²) in [7, 11) is 0. The maximum Gasteiger partial charge on any atom is 0.0679 e. The average Bonchev–Trinajstić information content (AvgIpc) is 3.05. The highest BCUT2D eigenvalue weighted by Gasteiger charge is 2.20. The molecular weight excluding hydrogens is 244 g/mol. The lowest BCUT2D eigenvalue weighted by atomic mass is 10.3. The maximum atomic E-state index is 9.56. The minimum atomic E-state index is -0.134. The van der Waals surface area contributed by atoms with Gasteiger partial charge < -0.3 is 9.67 Å². The van der Waals surface area contributed by atoms with Gasteiger partial charge >= 0.3 is 0 Å². The molecule has 3 heterocycles. The van der Waals surface area contributed by atoms with Crippen LogP contribution in [0.25, 0.3) is 0 Å². The van der Waals surface area contributed by atoms with Crippen molar-refractivity contribution in [3.05, 3.63) is 46.4 Å². The number of aliphatic hydroxyl groups excluding tert-OH is 1. The predicted molar refractivity (Wildman–Crippen MR) is 73.8 cm³/mol. The van der Waals surface area contributed by atoms with Crippen LogP contribution in [-0.4, -0.2) is 33.8 Å². The first kappa shape index (κ1) is 12.0. The van der Waals surface area contributed by atoms with E-state index in [9.17, 15) is 5.11 Å². The molecule has 96 valence electrons. The fraction of sp³-hybridized carbons (Fsp3) is 0.429. The van der Waals surface area contributed by atoms with Gasteiger partial charge in [0.05, 0.1) is 12.6 Å². The van der Waals surface area contributed by atoms with E-state index < -0.39 is 0 Å². The third-order valence-electron chi connectivity index (χ3n) is 3.46. The minimum absolute atomic E-state index is 0.134. The van der Waals surface area contributed by atoms with Crippen LogP contribution in [0.4, 0.5) is 0 Å². The Hall–Kier alpha value is -1.10. The number of rotatable bonds is 4. The Labute approximate surface area is 111 Å². The van der Waals surface area contributed by atoms with E-state index in [1.807, 2.05) is 0 Å². The number of aliphatic hydroxyl groups is 1. The normalized spacial score (nSPS) is 20.6. The first-order valence-corrected chi connectivity index (χ1v) is 7.26. The summed E-state index contributed by atoms with van der Waals surface area (Å²) in [6.45, 7) is 3.71. The third-order valence-corrected chi connectivity index (χ3v) is 4.32. The van der Waals surface area contributed by atoms with Crippen LogP contribution in [-0.2, 0) is 13.1 Å². The Morgan fingerprint density at radius 1 is 1.28 bits per heavy atom. The van der Waals surface area contributed by atoms with E-state index in [-0.39, 0.29) is 6.10 Å². The zero-order valence-corrected chi connectivity index (χ0v) is 11.1. The van der Waals surface area contributed by atoms with Crippen molar-refractivity contribution in [3.8, 4) is 0 Å². The average molecular weight is 262 g/mol. The SMILES string of the molecule is O[C@@H]1CCN(Cc2cccn2Cc2cccs2)C1. The van der Waals surface area contributed by atoms with Gasteiger partial charge in [0, 0.05) is 36.4 Å². The fourth-order valence-electron chi connectivity index (χ4n) is 2.50. The second kappa shape index (κ2) is 5.26. The summed E-state index contributed by atoms with van der Waals surface area (Å²) in [5, 5.41) is 11.7. The Morgan fingerprint density at radius 2 is 2.22 bits per heavy atom. The summed E-state index contributed by atoms with van der Waals surface area (Å²) < 4.78 is 2.30. The van der Waals surface area contributed by atoms with Gasteiger partial charge in [0.2, 0.25) is 0 Å². The van der Waals surface area contributed by atoms with E-state index in [0.29, 0.717) is 0 Å². The van der Waals surface area contributed by atoms with Gasteiger partial charge in [0.1, 0.15) is 0 Å². The summed E-state index contributed by atoms with van der Waals surface area (Å²) in [5.41, 5.74) is 1.33. The number of thiophene rings is 1. The quantitative estimate of drug-likeness (QED) is 0.914. The standard InChI is InChI=1S/C14H18N2OS/c17-13-5-7-15(10-13)9-12-3-1-6-16(12)11-14-4-2-8-18-14/h1-4,6,8,13,17H,5,7,9-11H2/t13-/m1/s1. The van der Waals surface area contributed by atoms with Crippen molar-refractivity contribution in [1.82, 2.24) is 9.47 Å². The highest BCUT2D eigenvalue weighted by molar-refractivity contribution is 7.09. The summed E-state index contributed by atoms with van der Waals surface area (Å²) in [5.74, 6) is 0. The molecule has 0 radical (unpaired) electrons. The maximum absolute atomic E-state index is 9.56. The van der Waals surface area contributed by atoms with Gasteiger partial charge in [-0.05, 0) is 30.0 Å². The summed E-state index contributed by atoms with van der Waals surface area (Å²) in [6.07, 6.45) is 2.92. The molecule has 4 heteroatoms. The van der Waals surface area contributed by atoms with Gasteiger partial charge in [0.25, 0.3) is 0 Å². The first-order valence-electron chi connectivity index (χ1n) is 6.38. The van der Waals surface area contributed by atoms with Crippen LogP contribution in [0.2, 0.25) is 0 Å². The molecule has 18 heavy (non-hydrogen) atoms. The number of nitrogens with zero attached hydrogens (tertiary/aromatic N) is 2. The van der Waals surface area contributed by atoms with Crippen molar-refractivity contribution >= 4 is 11.3 Å². The van der Waals surface area contributed by atoms with Gasteiger partial charge in [-0.25, -0.2) is 0 Å². The lowest BCUT2D eigenvalue weighted by molar-refractivity contribution is 0.174. The largest absolute Gasteiger partial charge is 0.392 e. The molecule has 0 saturated carbocycles. The zero-order chi connectivity index (χ0) is 12.4. The molecule has 1 atom stereocenters. The lowest BCUT2D eigenvalue weighted by Gasteiger charge is -2.16. The van der Waals surface area contributed by atoms with Gasteiger partial charge in [-0.15, -0.1) is 11.3 Å². The summed E-state index contributed by atoms with van der Waals surface area (Å²) in [4.78, 5) is 3.71. The monoisotopic (exact) mass is 262 g/mol. The second-order valence-corrected chi connectivity index (χ2v) is 5.92. The van der Waals surface area contributed by atoms with Gasteiger partial charge in [-0.1, -0.05) is 6.07 Å². The van der Waals surface area contributed by atoms with Crippen LogP contribution in [0.3, 0.4) is 0 Å². The van der Waals surface area contributed by atoms with Gasteiger partial charge in [-0.2, -0.15) is 0 Å². The molecule has 0 amide bonds. The molecule has 0 unspecified atom stereocenters. The Morgan fingerprint density at radius 3 is 2.94 bits per heavy atom. The summed E-state index contributed by atoms with van der Waals surface area (Å²) in [6, 6.07) is 8.56. The first-order chi connectivity index (χ1) is 8.81. The van der Waals surface area contributed by atoms with Crippen molar-refractivity contribution < 1.29 is 5.11 Å². The number of aromatic nitrogens is 1. The molecule has 1 N–H and O–H groups in total. The Kier molecular flexibility index (Phi) is 3.50. The van der Waals surface area contributed by atoms with E-state index in [2.05, 4.69) is 45.3 Å². The Bertz CT molecular complexity index is 492. The van der Waals surface area contributed by atoms with Crippen molar-refractivity contribution in [2.75, 3.05) is 13.1 Å². The van der Waals surface area contributed by atoms with E-state index >= 15 is 0 Å². The molecule has 0 bridgehead atoms. The van der Waals surface area contributed by atoms with E-state index in [1.165, 1.54) is 10.6 Å². The molecule has 1 aliphatic heterocycles. The third kappa shape index (κ3) is 2.66. The number of β-amino-alcohol motifs (C(OH)–C–C–N with tert-alkyl or cyclic N) is 1. The topological polar surface area (TPSA) is 28.4 Å². The molecule has 0 spiro atoms. The smallest absolute Gasteiger partial charge is 0.0679 e. The molecule has 1 saturated heterocycles. The van der Waals surface area contributed by atoms with E-state index in [0.717, 1.165) is 32.6 Å². The highest BCUT2D eigenvalue weighted by Crippen LogP contribution is 2.16. The molecule has 1 fully saturated rings. The molecular formula is C14H18N2OS. The van der Waals surface area contributed by atoms with Crippen LogP contribution < -0.4 is 0 Å². The van der Waals surface area contributed by atoms with Gasteiger partial charge in [-0.3, -0.25) is 4.90 Å². The zero-order valence-electron chi connectivity index (χ0n) is 10.3. The molecule has 2 aromatic heterocycles. The molecule has 3 rings (SSSR count). The Balaban J connectivity index is 1.67. The molecule has 1 aliphatic rings. The van der Waals surface area contributed by atoms with Crippen molar-refractivity contribution in [3.63, 3.8) is 0 Å². The van der Waals surface area contributed by atoms with Crippen LogP contribution in [0, 0.1) is 0 Å². The summed E-state index contributed by atoms with van der Waals surface area (Å²) >= 11 is 1.80. The second-order valence-electron chi connectivity index (χ2n) is 4.88. The van der Waals surface area contributed by atoms with Crippen molar-refractivity contribution in [2.24, 2.45) is 0 Å². The molecule has 3 nitrogen and oxygen atoms in total. The predicted octanol–water partition coefficient (Wildman–Crippen LogP) is 2.16. The fourth-order valence-corrected chi connectivity index (χ4v) is 3.21. The molecule has 0 aliphatic carbocycles.